The zero-order chi connectivity index (χ0) is 3.58. The maximum absolute atomic E-state index is 9.04. The van der Waals surface area contributed by atoms with Gasteiger partial charge < -0.3 is 5.48 Å². The van der Waals surface area contributed by atoms with Crippen molar-refractivity contribution in [1.82, 2.24) is 0 Å². The van der Waals surface area contributed by atoms with Crippen LogP contribution in [-0.4, -0.2) is 39.3 Å². The van der Waals surface area contributed by atoms with E-state index < -0.39 is 3.63 Å². The van der Waals surface area contributed by atoms with Crippen LogP contribution in [0.25, 0.3) is 0 Å². The molecule has 3 N–H and O–H groups in total. The van der Waals surface area contributed by atoms with Crippen molar-refractivity contribution in [3.05, 3.63) is 0 Å². The van der Waals surface area contributed by atoms with Crippen LogP contribution in [-0.2, 0) is 0 Å². The van der Waals surface area contributed by atoms with Crippen LogP contribution in [0.5, 0.6) is 0 Å². The molecule has 1 radical (unpaired) electrons. The van der Waals surface area contributed by atoms with Gasteiger partial charge in [-0.2, -0.15) is 0 Å². The van der Waals surface area contributed by atoms with Crippen molar-refractivity contribution in [3.8, 4) is 0 Å². The first kappa shape index (κ1) is 9.01. The fraction of sp³-hybridized carbons (Fsp3) is 0. The molecule has 0 aromatic carbocycles. The van der Waals surface area contributed by atoms with Gasteiger partial charge in [-0.1, -0.05) is 0 Å². The first-order valence-electron chi connectivity index (χ1n) is 0.632. The number of hydrogen-bond donors (Lipinski definition) is 1. The van der Waals surface area contributed by atoms with Gasteiger partial charge in [0.2, 0.25) is 0 Å². The van der Waals surface area contributed by atoms with E-state index in [1.165, 1.54) is 0 Å². The molecule has 31 valence electrons. The van der Waals surface area contributed by atoms with Gasteiger partial charge in [0.15, 0.2) is 0 Å². The summed E-state index contributed by atoms with van der Waals surface area (Å²) in [7, 11) is 0. The maximum atomic E-state index is 9.04. The summed E-state index contributed by atoms with van der Waals surface area (Å²) < 4.78 is -0.750. The molecule has 0 heterocycles. The number of carboxylic acid groups (broad SMARTS) is 1. The van der Waals surface area contributed by atoms with Crippen molar-refractivity contribution < 1.29 is 15.4 Å². The van der Waals surface area contributed by atoms with Crippen LogP contribution >= 0.6 is 0 Å². The molecular formula is CH3O3Po. The zero-order valence-electron chi connectivity index (χ0n) is 2.26. The Morgan fingerprint density at radius 3 is 1.80 bits per heavy atom. The normalized spacial score (nSPS) is 4.80. The Kier molecular flexibility index (Phi) is 7.80. The van der Waals surface area contributed by atoms with Crippen LogP contribution in [0.15, 0.2) is 0 Å². The van der Waals surface area contributed by atoms with Gasteiger partial charge in [0.05, 0.1) is 0 Å². The topological polar surface area (TPSA) is 68.8 Å². The van der Waals surface area contributed by atoms with E-state index in [0.717, 1.165) is 0 Å². The van der Waals surface area contributed by atoms with Crippen molar-refractivity contribution in [1.29, 1.82) is 0 Å². The van der Waals surface area contributed by atoms with Gasteiger partial charge >= 0.3 is 38.6 Å². The molecule has 0 aliphatic heterocycles. The second-order valence-electron chi connectivity index (χ2n) is 0.266. The summed E-state index contributed by atoms with van der Waals surface area (Å²) in [5, 5.41) is 7.45. The minimum absolute atomic E-state index is 0. The fourth-order valence-electron chi connectivity index (χ4n) is 0. The molecule has 0 saturated heterocycles. The van der Waals surface area contributed by atoms with E-state index in [4.69, 9.17) is 9.90 Å². The molecule has 0 bridgehead atoms. The summed E-state index contributed by atoms with van der Waals surface area (Å²) >= 11 is 0.593. The van der Waals surface area contributed by atoms with Gasteiger partial charge in [-0.25, -0.2) is 0 Å². The summed E-state index contributed by atoms with van der Waals surface area (Å²) in [6, 6.07) is 0. The summed E-state index contributed by atoms with van der Waals surface area (Å²) in [5.74, 6) is 0. The second-order valence-corrected chi connectivity index (χ2v) is 1.62. The van der Waals surface area contributed by atoms with E-state index >= 15 is 0 Å². The number of rotatable bonds is 0. The van der Waals surface area contributed by atoms with Crippen molar-refractivity contribution in [2.45, 2.75) is 0 Å². The van der Waals surface area contributed by atoms with Crippen LogP contribution in [0.1, 0.15) is 0 Å². The summed E-state index contributed by atoms with van der Waals surface area (Å²) in [5.41, 5.74) is 0. The van der Waals surface area contributed by atoms with E-state index in [0.29, 0.717) is 25.1 Å². The van der Waals surface area contributed by atoms with Crippen molar-refractivity contribution in [2.75, 3.05) is 0 Å². The van der Waals surface area contributed by atoms with Gasteiger partial charge in [-0.05, 0) is 0 Å². The Morgan fingerprint density at radius 1 is 1.80 bits per heavy atom. The summed E-state index contributed by atoms with van der Waals surface area (Å²) in [6.07, 6.45) is 0. The van der Waals surface area contributed by atoms with Gasteiger partial charge in [-0.15, -0.1) is 0 Å². The molecule has 0 spiro atoms. The van der Waals surface area contributed by atoms with Crippen LogP contribution in [0.3, 0.4) is 0 Å². The number of carbonyl (C=O) groups is 1. The molecular weight excluding hydrogens is 269 g/mol. The average molecular weight is 272 g/mol. The van der Waals surface area contributed by atoms with Crippen molar-refractivity contribution in [3.63, 3.8) is 0 Å². The van der Waals surface area contributed by atoms with Crippen LogP contribution < -0.4 is 0 Å². The molecule has 0 amide bonds. The molecule has 5 heavy (non-hydrogen) atoms. The van der Waals surface area contributed by atoms with Gasteiger partial charge in [0.1, 0.15) is 0 Å². The van der Waals surface area contributed by atoms with Crippen molar-refractivity contribution >= 4 is 28.7 Å². The Bertz CT molecular complexity index is 29.9. The standard InChI is InChI=1S/CHO2.H2O.Po/c2-1-3;;/h(H,2,3);1H2;. The van der Waals surface area contributed by atoms with Crippen LogP contribution in [0.4, 0.5) is 4.79 Å². The first-order valence-corrected chi connectivity index (χ1v) is 2.22. The Morgan fingerprint density at radius 2 is 1.80 bits per heavy atom. The molecule has 0 atom stereocenters. The molecule has 4 heteroatoms. The van der Waals surface area contributed by atoms with Crippen LogP contribution in [0.2, 0.25) is 0 Å². The molecule has 3 nitrogen and oxygen atoms in total. The molecule has 0 aliphatic rings. The zero-order valence-corrected chi connectivity index (χ0v) is 5.44. The first-order chi connectivity index (χ1) is 1.73. The van der Waals surface area contributed by atoms with Gasteiger partial charge in [0, 0.05) is 0 Å². The summed E-state index contributed by atoms with van der Waals surface area (Å²) in [6.45, 7) is 0. The Labute approximate surface area is 44.4 Å². The van der Waals surface area contributed by atoms with E-state index in [1.54, 1.807) is 0 Å². The van der Waals surface area contributed by atoms with E-state index in [9.17, 15) is 0 Å². The average Bonchev–Trinajstić information content (AvgIpc) is 0.811. The SMILES string of the molecule is O.O=[C](O)[Po]. The molecule has 0 saturated carbocycles. The second kappa shape index (κ2) is 4.33. The van der Waals surface area contributed by atoms with Crippen molar-refractivity contribution in [2.24, 2.45) is 0 Å². The third kappa shape index (κ3) is 220. The summed E-state index contributed by atoms with van der Waals surface area (Å²) in [4.78, 5) is 9.04. The quantitative estimate of drug-likeness (QED) is 0.615. The predicted octanol–water partition coefficient (Wildman–Crippen LogP) is -0.992. The van der Waals surface area contributed by atoms with Crippen LogP contribution in [0, 0.1) is 0 Å². The monoisotopic (exact) mass is 272 g/mol. The molecule has 0 rings (SSSR count). The molecule has 0 aromatic rings. The molecule has 0 aliphatic carbocycles. The van der Waals surface area contributed by atoms with Gasteiger partial charge in [-0.3, -0.25) is 0 Å². The third-order valence-electron chi connectivity index (χ3n) is 0. The van der Waals surface area contributed by atoms with E-state index in [2.05, 4.69) is 0 Å². The Hall–Kier alpha value is 0.326. The van der Waals surface area contributed by atoms with E-state index in [-0.39, 0.29) is 5.48 Å². The third-order valence-corrected chi connectivity index (χ3v) is 0. The molecule has 0 unspecified atom stereocenters. The molecule has 0 fully saturated rings. The number of hydrogen-bond acceptors (Lipinski definition) is 1. The fourth-order valence-corrected chi connectivity index (χ4v) is 0. The van der Waals surface area contributed by atoms with Gasteiger partial charge in [0.25, 0.3) is 0 Å². The predicted molar refractivity (Wildman–Crippen MR) is 17.4 cm³/mol. The Balaban J connectivity index is 0. The van der Waals surface area contributed by atoms with E-state index in [1.807, 2.05) is 0 Å². The molecule has 0 aromatic heterocycles. The minimum atomic E-state index is -0.750.